The van der Waals surface area contributed by atoms with Crippen molar-refractivity contribution in [2.24, 2.45) is 9.98 Å². The minimum absolute atomic E-state index is 0.698. The van der Waals surface area contributed by atoms with Gasteiger partial charge in [0, 0.05) is 5.02 Å². The molecule has 2 aromatic carbocycles. The van der Waals surface area contributed by atoms with Crippen LogP contribution in [0.3, 0.4) is 0 Å². The number of benzene rings is 2. The number of aliphatic imine (C=N–C) groups is 2. The highest BCUT2D eigenvalue weighted by molar-refractivity contribution is 7.78. The fourth-order valence-electron chi connectivity index (χ4n) is 1.12. The summed E-state index contributed by atoms with van der Waals surface area (Å²) in [4.78, 5) is 7.53. The molecular weight excluding hydrogens is 296 g/mol. The Labute approximate surface area is 127 Å². The molecule has 0 aliphatic rings. The summed E-state index contributed by atoms with van der Waals surface area (Å²) >= 11 is 14.5. The Kier molecular flexibility index (Phi) is 7.52. The lowest BCUT2D eigenvalue weighted by molar-refractivity contribution is 1.55. The smallest absolute Gasteiger partial charge is 0.0740 e. The van der Waals surface area contributed by atoms with Crippen molar-refractivity contribution < 1.29 is 0 Å². The van der Waals surface area contributed by atoms with Gasteiger partial charge < -0.3 is 0 Å². The van der Waals surface area contributed by atoms with E-state index in [2.05, 4.69) is 44.7 Å². The van der Waals surface area contributed by atoms with Gasteiger partial charge in [-0.05, 0) is 60.8 Å². The van der Waals surface area contributed by atoms with Gasteiger partial charge in [-0.25, -0.2) is 0 Å². The van der Waals surface area contributed by atoms with Gasteiger partial charge in [0.15, 0.2) is 0 Å². The van der Waals surface area contributed by atoms with Crippen LogP contribution in [0.5, 0.6) is 0 Å². The largest absolute Gasteiger partial charge is 0.195 e. The van der Waals surface area contributed by atoms with Gasteiger partial charge in [-0.3, -0.25) is 0 Å². The summed E-state index contributed by atoms with van der Waals surface area (Å²) in [6.07, 6.45) is 0. The van der Waals surface area contributed by atoms with Gasteiger partial charge in [0.05, 0.1) is 21.7 Å². The first-order chi connectivity index (χ1) is 9.26. The quantitative estimate of drug-likeness (QED) is 0.541. The van der Waals surface area contributed by atoms with E-state index in [0.29, 0.717) is 5.02 Å². The predicted molar refractivity (Wildman–Crippen MR) is 87.3 cm³/mol. The van der Waals surface area contributed by atoms with Crippen LogP contribution < -0.4 is 0 Å². The number of nitrogens with zero attached hydrogens (tertiary/aromatic N) is 2. The van der Waals surface area contributed by atoms with E-state index in [1.165, 1.54) is 0 Å². The highest BCUT2D eigenvalue weighted by atomic mass is 35.5. The number of hydrogen-bond donors (Lipinski definition) is 0. The van der Waals surface area contributed by atoms with E-state index < -0.39 is 0 Å². The van der Waals surface area contributed by atoms with Crippen molar-refractivity contribution in [2.45, 2.75) is 0 Å². The molecule has 0 bridgehead atoms. The first-order valence-electron chi connectivity index (χ1n) is 5.22. The van der Waals surface area contributed by atoms with E-state index in [4.69, 9.17) is 11.6 Å². The molecule has 0 radical (unpaired) electrons. The van der Waals surface area contributed by atoms with Crippen molar-refractivity contribution in [3.8, 4) is 0 Å². The predicted octanol–water partition coefficient (Wildman–Crippen LogP) is 5.50. The Bertz CT molecular complexity index is 599. The van der Waals surface area contributed by atoms with Crippen LogP contribution in [0, 0.1) is 0 Å². The van der Waals surface area contributed by atoms with Crippen LogP contribution >= 0.6 is 36.0 Å². The molecule has 0 heterocycles. The second-order valence-corrected chi connectivity index (χ2v) is 4.02. The van der Waals surface area contributed by atoms with Crippen LogP contribution in [0.2, 0.25) is 5.02 Å². The van der Waals surface area contributed by atoms with Gasteiger partial charge in [-0.2, -0.15) is 9.98 Å². The fourth-order valence-corrected chi connectivity index (χ4v) is 1.46. The second-order valence-electron chi connectivity index (χ2n) is 3.22. The topological polar surface area (TPSA) is 24.7 Å². The molecule has 0 amide bonds. The molecule has 94 valence electrons. The van der Waals surface area contributed by atoms with E-state index in [1.807, 2.05) is 30.3 Å². The molecule has 5 heteroatoms. The summed E-state index contributed by atoms with van der Waals surface area (Å²) in [6.45, 7) is 0. The molecule has 0 atom stereocenters. The summed E-state index contributed by atoms with van der Waals surface area (Å²) in [5, 5.41) is 5.26. The highest BCUT2D eigenvalue weighted by Crippen LogP contribution is 2.15. The first kappa shape index (κ1) is 15.4. The van der Waals surface area contributed by atoms with Crippen LogP contribution in [0.25, 0.3) is 0 Å². The first-order valence-corrected chi connectivity index (χ1v) is 6.42. The molecule has 0 N–H and O–H groups in total. The van der Waals surface area contributed by atoms with E-state index >= 15 is 0 Å². The average molecular weight is 305 g/mol. The molecule has 0 unspecified atom stereocenters. The lowest BCUT2D eigenvalue weighted by Crippen LogP contribution is -1.62. The third kappa shape index (κ3) is 6.73. The normalized spacial score (nSPS) is 8.26. The molecule has 0 aromatic heterocycles. The summed E-state index contributed by atoms with van der Waals surface area (Å²) < 4.78 is 0. The zero-order valence-electron chi connectivity index (χ0n) is 9.79. The Morgan fingerprint density at radius 1 is 0.737 bits per heavy atom. The van der Waals surface area contributed by atoms with Crippen LogP contribution in [0.15, 0.2) is 64.6 Å². The molecule has 0 fully saturated rings. The van der Waals surface area contributed by atoms with Crippen molar-refractivity contribution in [1.82, 2.24) is 0 Å². The Hall–Kier alpha value is -1.67. The number of halogens is 1. The lowest BCUT2D eigenvalue weighted by Gasteiger charge is -1.88. The number of para-hydroxylation sites is 1. The minimum atomic E-state index is 0.698. The maximum absolute atomic E-state index is 5.62. The van der Waals surface area contributed by atoms with E-state index in [-0.39, 0.29) is 0 Å². The second kappa shape index (κ2) is 9.29. The standard InChI is InChI=1S/C7H4ClNS.C7H5NS/c8-6-1-3-7(4-2-6)9-5-10;9-6-8-7-4-2-1-3-5-7/h1-4H;1-5H. The van der Waals surface area contributed by atoms with Crippen LogP contribution in [-0.4, -0.2) is 10.3 Å². The third-order valence-corrected chi connectivity index (χ3v) is 2.37. The maximum atomic E-state index is 5.62. The van der Waals surface area contributed by atoms with E-state index in [1.54, 1.807) is 24.3 Å². The zero-order valence-corrected chi connectivity index (χ0v) is 12.2. The molecule has 0 saturated heterocycles. The van der Waals surface area contributed by atoms with Crippen LogP contribution in [0.4, 0.5) is 11.4 Å². The van der Waals surface area contributed by atoms with Gasteiger partial charge in [-0.15, -0.1) is 0 Å². The molecule has 19 heavy (non-hydrogen) atoms. The number of isothiocyanates is 2. The number of hydrogen-bond acceptors (Lipinski definition) is 4. The molecule has 2 aromatic rings. The molecule has 2 nitrogen and oxygen atoms in total. The van der Waals surface area contributed by atoms with Gasteiger partial charge >= 0.3 is 0 Å². The Balaban J connectivity index is 0.000000191. The van der Waals surface area contributed by atoms with Crippen molar-refractivity contribution in [2.75, 3.05) is 0 Å². The molecule has 0 aliphatic heterocycles. The number of rotatable bonds is 2. The maximum Gasteiger partial charge on any atom is 0.0740 e. The van der Waals surface area contributed by atoms with Crippen molar-refractivity contribution in [1.29, 1.82) is 0 Å². The Morgan fingerprint density at radius 3 is 1.68 bits per heavy atom. The Morgan fingerprint density at radius 2 is 1.21 bits per heavy atom. The van der Waals surface area contributed by atoms with E-state index in [0.717, 1.165) is 11.4 Å². The van der Waals surface area contributed by atoms with Crippen LogP contribution in [0.1, 0.15) is 0 Å². The van der Waals surface area contributed by atoms with Gasteiger partial charge in [0.25, 0.3) is 0 Å². The SMILES string of the molecule is S=C=Nc1ccc(Cl)cc1.S=C=Nc1ccccc1. The lowest BCUT2D eigenvalue weighted by atomic mass is 10.3. The van der Waals surface area contributed by atoms with Gasteiger partial charge in [0.2, 0.25) is 0 Å². The molecule has 2 rings (SSSR count). The molecular formula is C14H9ClN2S2. The average Bonchev–Trinajstić information content (AvgIpc) is 2.44. The van der Waals surface area contributed by atoms with Crippen molar-refractivity contribution in [3.63, 3.8) is 0 Å². The molecule has 0 aliphatic carbocycles. The number of thiocarbonyl (C=S) groups is 2. The summed E-state index contributed by atoms with van der Waals surface area (Å²) in [5.41, 5.74) is 1.63. The van der Waals surface area contributed by atoms with Crippen LogP contribution in [-0.2, 0) is 0 Å². The zero-order chi connectivity index (χ0) is 13.9. The molecule has 0 spiro atoms. The minimum Gasteiger partial charge on any atom is -0.195 e. The monoisotopic (exact) mass is 304 g/mol. The van der Waals surface area contributed by atoms with Crippen molar-refractivity contribution >= 4 is 57.7 Å². The van der Waals surface area contributed by atoms with Crippen molar-refractivity contribution in [3.05, 3.63) is 59.6 Å². The van der Waals surface area contributed by atoms with E-state index in [9.17, 15) is 0 Å². The van der Waals surface area contributed by atoms with Gasteiger partial charge in [0.1, 0.15) is 0 Å². The molecule has 0 saturated carbocycles. The fraction of sp³-hybridized carbons (Fsp3) is 0. The third-order valence-electron chi connectivity index (χ3n) is 1.93. The summed E-state index contributed by atoms with van der Waals surface area (Å²) in [5.74, 6) is 0. The highest BCUT2D eigenvalue weighted by Gasteiger charge is 1.86. The van der Waals surface area contributed by atoms with Gasteiger partial charge in [-0.1, -0.05) is 29.8 Å². The summed E-state index contributed by atoms with van der Waals surface area (Å²) in [6, 6.07) is 16.6. The summed E-state index contributed by atoms with van der Waals surface area (Å²) in [7, 11) is 0.